The van der Waals surface area contributed by atoms with Crippen LogP contribution in [0.2, 0.25) is 0 Å². The molecule has 1 aliphatic carbocycles. The van der Waals surface area contributed by atoms with Crippen LogP contribution in [0, 0.1) is 17.8 Å². The zero-order valence-electron chi connectivity index (χ0n) is 18.1. The van der Waals surface area contributed by atoms with Gasteiger partial charge in [0.05, 0.1) is 13.2 Å². The molecule has 0 N–H and O–H groups in total. The molecule has 2 fully saturated rings. The number of anilines is 1. The molecule has 2 aliphatic rings. The first-order valence-corrected chi connectivity index (χ1v) is 12.3. The smallest absolute Gasteiger partial charge is 0.225 e. The number of hydrogen-bond donors (Lipinski definition) is 0. The summed E-state index contributed by atoms with van der Waals surface area (Å²) >= 11 is 1.67. The summed E-state index contributed by atoms with van der Waals surface area (Å²) in [6, 6.07) is 8.60. The van der Waals surface area contributed by atoms with Gasteiger partial charge in [0.2, 0.25) is 5.95 Å². The minimum absolute atomic E-state index is 0.699. The molecule has 0 radical (unpaired) electrons. The van der Waals surface area contributed by atoms with Gasteiger partial charge in [0.1, 0.15) is 5.01 Å². The van der Waals surface area contributed by atoms with Gasteiger partial charge in [0.25, 0.3) is 0 Å². The van der Waals surface area contributed by atoms with Crippen LogP contribution in [0.1, 0.15) is 37.3 Å². The Morgan fingerprint density at radius 2 is 1.81 bits per heavy atom. The molecule has 1 aliphatic heterocycles. The van der Waals surface area contributed by atoms with Gasteiger partial charge < -0.3 is 9.64 Å². The summed E-state index contributed by atoms with van der Waals surface area (Å²) in [5, 5.41) is 3.09. The van der Waals surface area contributed by atoms with Crippen LogP contribution in [-0.4, -0.2) is 34.6 Å². The number of nitrogens with zero attached hydrogens (tertiary/aromatic N) is 4. The fourth-order valence-corrected chi connectivity index (χ4v) is 5.34. The molecular formula is C25H30N4OS. The first kappa shape index (κ1) is 20.6. The maximum absolute atomic E-state index is 6.06. The quantitative estimate of drug-likeness (QED) is 0.486. The SMILES string of the molecule is CCc1cnc(N2CCC([C@H]3C[C@H]3COCc3ccc(-c4nccs4)cc3)CC2)nc1. The average Bonchev–Trinajstić information content (AvgIpc) is 3.38. The van der Waals surface area contributed by atoms with Crippen molar-refractivity contribution >= 4 is 17.3 Å². The van der Waals surface area contributed by atoms with Crippen LogP contribution >= 0.6 is 11.3 Å². The Balaban J connectivity index is 1.03. The molecule has 6 heteroatoms. The highest BCUT2D eigenvalue weighted by Crippen LogP contribution is 2.48. The molecule has 31 heavy (non-hydrogen) atoms. The lowest BCUT2D eigenvalue weighted by molar-refractivity contribution is 0.104. The van der Waals surface area contributed by atoms with Crippen molar-refractivity contribution in [2.24, 2.45) is 17.8 Å². The molecule has 0 bridgehead atoms. The zero-order chi connectivity index (χ0) is 21.0. The molecule has 2 aromatic heterocycles. The lowest BCUT2D eigenvalue weighted by Crippen LogP contribution is -2.35. The maximum atomic E-state index is 6.06. The topological polar surface area (TPSA) is 51.1 Å². The van der Waals surface area contributed by atoms with Crippen molar-refractivity contribution in [2.75, 3.05) is 24.6 Å². The number of aromatic nitrogens is 3. The fraction of sp³-hybridized carbons (Fsp3) is 0.480. The largest absolute Gasteiger partial charge is 0.376 e. The van der Waals surface area contributed by atoms with E-state index < -0.39 is 0 Å². The standard InChI is InChI=1S/C25H30N4OS/c1-2-18-14-27-25(28-15-18)29-10-7-20(8-11-29)23-13-22(23)17-30-16-19-3-5-21(6-4-19)24-26-9-12-31-24/h3-6,9,12,14-15,20,22-23H,2,7-8,10-11,13,16-17H2,1H3/t22-,23+/m0/s1. The lowest BCUT2D eigenvalue weighted by atomic mass is 9.91. The van der Waals surface area contributed by atoms with E-state index >= 15 is 0 Å². The van der Waals surface area contributed by atoms with Crippen molar-refractivity contribution < 1.29 is 4.74 Å². The van der Waals surface area contributed by atoms with Gasteiger partial charge in [0, 0.05) is 42.6 Å². The summed E-state index contributed by atoms with van der Waals surface area (Å²) in [6.07, 6.45) is 10.6. The Kier molecular flexibility index (Phi) is 6.27. The summed E-state index contributed by atoms with van der Waals surface area (Å²) in [6.45, 7) is 5.88. The Bertz CT molecular complexity index is 950. The molecule has 3 heterocycles. The van der Waals surface area contributed by atoms with Gasteiger partial charge in [-0.3, -0.25) is 0 Å². The molecule has 2 atom stereocenters. The summed E-state index contributed by atoms with van der Waals surface area (Å²) in [4.78, 5) is 15.8. The predicted molar refractivity (Wildman–Crippen MR) is 125 cm³/mol. The third kappa shape index (κ3) is 4.96. The molecule has 0 unspecified atom stereocenters. The van der Waals surface area contributed by atoms with Crippen molar-refractivity contribution in [2.45, 2.75) is 39.2 Å². The van der Waals surface area contributed by atoms with Gasteiger partial charge >= 0.3 is 0 Å². The van der Waals surface area contributed by atoms with Crippen LogP contribution in [0.5, 0.6) is 0 Å². The first-order chi connectivity index (χ1) is 15.3. The summed E-state index contributed by atoms with van der Waals surface area (Å²) < 4.78 is 6.06. The summed E-state index contributed by atoms with van der Waals surface area (Å²) in [7, 11) is 0. The van der Waals surface area contributed by atoms with Crippen LogP contribution in [0.3, 0.4) is 0 Å². The second-order valence-electron chi connectivity index (χ2n) is 8.78. The maximum Gasteiger partial charge on any atom is 0.225 e. The number of ether oxygens (including phenoxy) is 1. The van der Waals surface area contributed by atoms with Gasteiger partial charge in [-0.2, -0.15) is 0 Å². The van der Waals surface area contributed by atoms with E-state index in [-0.39, 0.29) is 0 Å². The first-order valence-electron chi connectivity index (χ1n) is 11.4. The molecule has 1 saturated heterocycles. The highest BCUT2D eigenvalue weighted by Gasteiger charge is 2.43. The van der Waals surface area contributed by atoms with E-state index in [1.807, 2.05) is 24.0 Å². The number of rotatable bonds is 8. The molecule has 1 saturated carbocycles. The van der Waals surface area contributed by atoms with Gasteiger partial charge in [0.15, 0.2) is 0 Å². The van der Waals surface area contributed by atoms with E-state index in [1.54, 1.807) is 11.3 Å². The number of hydrogen-bond acceptors (Lipinski definition) is 6. The van der Waals surface area contributed by atoms with Crippen molar-refractivity contribution in [1.82, 2.24) is 15.0 Å². The van der Waals surface area contributed by atoms with Gasteiger partial charge in [-0.15, -0.1) is 11.3 Å². The van der Waals surface area contributed by atoms with E-state index in [0.717, 1.165) is 54.8 Å². The van der Waals surface area contributed by atoms with Crippen LogP contribution in [-0.2, 0) is 17.8 Å². The van der Waals surface area contributed by atoms with Crippen LogP contribution < -0.4 is 4.90 Å². The Morgan fingerprint density at radius 3 is 2.48 bits per heavy atom. The van der Waals surface area contributed by atoms with Gasteiger partial charge in [-0.05, 0) is 54.6 Å². The highest BCUT2D eigenvalue weighted by molar-refractivity contribution is 7.13. The monoisotopic (exact) mass is 434 g/mol. The van der Waals surface area contributed by atoms with Crippen LogP contribution in [0.25, 0.3) is 10.6 Å². The number of benzene rings is 1. The van der Waals surface area contributed by atoms with Gasteiger partial charge in [-0.1, -0.05) is 31.2 Å². The van der Waals surface area contributed by atoms with Crippen molar-refractivity contribution in [1.29, 1.82) is 0 Å². The zero-order valence-corrected chi connectivity index (χ0v) is 18.9. The molecule has 0 amide bonds. The minimum Gasteiger partial charge on any atom is -0.376 e. The Morgan fingerprint density at radius 1 is 1.03 bits per heavy atom. The second-order valence-corrected chi connectivity index (χ2v) is 9.67. The third-order valence-corrected chi connectivity index (χ3v) is 7.56. The molecule has 5 rings (SSSR count). The molecular weight excluding hydrogens is 404 g/mol. The van der Waals surface area contributed by atoms with Crippen LogP contribution in [0.4, 0.5) is 5.95 Å². The van der Waals surface area contributed by atoms with Crippen LogP contribution in [0.15, 0.2) is 48.2 Å². The number of piperidine rings is 1. The average molecular weight is 435 g/mol. The third-order valence-electron chi connectivity index (χ3n) is 6.74. The molecule has 5 nitrogen and oxygen atoms in total. The molecule has 0 spiro atoms. The fourth-order valence-electron chi connectivity index (χ4n) is 4.70. The summed E-state index contributed by atoms with van der Waals surface area (Å²) in [5.74, 6) is 3.31. The normalized spacial score (nSPS) is 21.4. The lowest BCUT2D eigenvalue weighted by Gasteiger charge is -2.32. The highest BCUT2D eigenvalue weighted by atomic mass is 32.1. The van der Waals surface area contributed by atoms with Gasteiger partial charge in [-0.25, -0.2) is 15.0 Å². The van der Waals surface area contributed by atoms with E-state index in [2.05, 4.69) is 51.0 Å². The van der Waals surface area contributed by atoms with E-state index in [9.17, 15) is 0 Å². The molecule has 1 aromatic carbocycles. The van der Waals surface area contributed by atoms with E-state index in [0.29, 0.717) is 6.61 Å². The Hall–Kier alpha value is -2.31. The minimum atomic E-state index is 0.699. The summed E-state index contributed by atoms with van der Waals surface area (Å²) in [5.41, 5.74) is 3.62. The van der Waals surface area contributed by atoms with E-state index in [1.165, 1.54) is 36.0 Å². The molecule has 3 aromatic rings. The molecule has 162 valence electrons. The van der Waals surface area contributed by atoms with Crippen molar-refractivity contribution in [3.8, 4) is 10.6 Å². The number of aryl methyl sites for hydroxylation is 1. The number of thiazole rings is 1. The van der Waals surface area contributed by atoms with Crippen molar-refractivity contribution in [3.63, 3.8) is 0 Å². The Labute approximate surface area is 188 Å². The van der Waals surface area contributed by atoms with E-state index in [4.69, 9.17) is 4.74 Å². The predicted octanol–water partition coefficient (Wildman–Crippen LogP) is 5.23. The van der Waals surface area contributed by atoms with Crippen molar-refractivity contribution in [3.05, 3.63) is 59.4 Å². The second kappa shape index (κ2) is 9.45.